The van der Waals surface area contributed by atoms with Crippen molar-refractivity contribution in [2.45, 2.75) is 13.3 Å². The van der Waals surface area contributed by atoms with Gasteiger partial charge in [0.05, 0.1) is 6.54 Å². The number of primary amides is 1. The lowest BCUT2D eigenvalue weighted by Gasteiger charge is -2.17. The monoisotopic (exact) mass is 224 g/mol. The topological polar surface area (TPSA) is 110 Å². The molecule has 0 aliphatic rings. The second-order valence-electron chi connectivity index (χ2n) is 3.35. The molecule has 0 atom stereocenters. The number of aryl methyl sites for hydroxylation is 1. The van der Waals surface area contributed by atoms with Gasteiger partial charge < -0.3 is 16.1 Å². The molecule has 0 aliphatic heterocycles. The van der Waals surface area contributed by atoms with Crippen LogP contribution < -0.4 is 21.9 Å². The second kappa shape index (κ2) is 5.26. The van der Waals surface area contributed by atoms with Crippen LogP contribution in [-0.2, 0) is 11.2 Å². The Labute approximate surface area is 93.8 Å². The van der Waals surface area contributed by atoms with Crippen LogP contribution in [0.4, 0.5) is 11.6 Å². The normalized spacial score (nSPS) is 9.94. The molecule has 0 saturated carbocycles. The number of nitrogens with zero attached hydrogens (tertiary/aromatic N) is 3. The lowest BCUT2D eigenvalue weighted by atomic mass is 10.4. The molecule has 1 aromatic rings. The van der Waals surface area contributed by atoms with E-state index < -0.39 is 5.91 Å². The van der Waals surface area contributed by atoms with Gasteiger partial charge in [-0.25, -0.2) is 15.8 Å². The average Bonchev–Trinajstić information content (AvgIpc) is 2.27. The van der Waals surface area contributed by atoms with Crippen molar-refractivity contribution in [3.05, 3.63) is 11.9 Å². The molecule has 0 radical (unpaired) electrons. The molecule has 7 heteroatoms. The van der Waals surface area contributed by atoms with Crippen LogP contribution >= 0.6 is 0 Å². The summed E-state index contributed by atoms with van der Waals surface area (Å²) in [5, 5.41) is 0. The minimum Gasteiger partial charge on any atom is -0.368 e. The van der Waals surface area contributed by atoms with Gasteiger partial charge in [0.2, 0.25) is 5.91 Å². The van der Waals surface area contributed by atoms with Crippen molar-refractivity contribution >= 4 is 17.5 Å². The van der Waals surface area contributed by atoms with Crippen LogP contribution in [0.5, 0.6) is 0 Å². The minimum absolute atomic E-state index is 0.101. The van der Waals surface area contributed by atoms with Crippen LogP contribution in [0.1, 0.15) is 12.7 Å². The third-order valence-electron chi connectivity index (χ3n) is 2.01. The Kier molecular flexibility index (Phi) is 4.01. The van der Waals surface area contributed by atoms with Crippen molar-refractivity contribution < 1.29 is 4.79 Å². The Morgan fingerprint density at radius 3 is 2.75 bits per heavy atom. The van der Waals surface area contributed by atoms with Gasteiger partial charge in [-0.1, -0.05) is 6.92 Å². The summed E-state index contributed by atoms with van der Waals surface area (Å²) in [6.07, 6.45) is 0.687. The molecule has 0 aromatic carbocycles. The zero-order valence-electron chi connectivity index (χ0n) is 9.40. The average molecular weight is 224 g/mol. The number of nitrogens with two attached hydrogens (primary N) is 2. The van der Waals surface area contributed by atoms with Crippen LogP contribution in [0.15, 0.2) is 6.07 Å². The van der Waals surface area contributed by atoms with Crippen molar-refractivity contribution in [3.8, 4) is 0 Å². The van der Waals surface area contributed by atoms with E-state index in [1.807, 2.05) is 6.92 Å². The first-order chi connectivity index (χ1) is 7.56. The second-order valence-corrected chi connectivity index (χ2v) is 3.35. The Morgan fingerprint density at radius 2 is 2.25 bits per heavy atom. The molecule has 16 heavy (non-hydrogen) atoms. The van der Waals surface area contributed by atoms with E-state index in [9.17, 15) is 4.79 Å². The molecule has 0 aliphatic carbocycles. The Hall–Kier alpha value is -1.89. The lowest BCUT2D eigenvalue weighted by molar-refractivity contribution is -0.116. The maximum Gasteiger partial charge on any atom is 0.236 e. The van der Waals surface area contributed by atoms with E-state index in [2.05, 4.69) is 15.4 Å². The van der Waals surface area contributed by atoms with E-state index in [1.54, 1.807) is 18.0 Å². The summed E-state index contributed by atoms with van der Waals surface area (Å²) >= 11 is 0. The zero-order chi connectivity index (χ0) is 12.1. The highest BCUT2D eigenvalue weighted by molar-refractivity contribution is 5.79. The van der Waals surface area contributed by atoms with Gasteiger partial charge in [-0.3, -0.25) is 4.79 Å². The quantitative estimate of drug-likeness (QED) is 0.448. The van der Waals surface area contributed by atoms with Crippen molar-refractivity contribution in [1.29, 1.82) is 0 Å². The van der Waals surface area contributed by atoms with E-state index in [4.69, 9.17) is 11.6 Å². The van der Waals surface area contributed by atoms with Gasteiger partial charge >= 0.3 is 0 Å². The van der Waals surface area contributed by atoms with Gasteiger partial charge in [0.25, 0.3) is 0 Å². The van der Waals surface area contributed by atoms with E-state index in [-0.39, 0.29) is 6.54 Å². The number of aromatic nitrogens is 2. The van der Waals surface area contributed by atoms with Crippen molar-refractivity contribution in [1.82, 2.24) is 9.97 Å². The summed E-state index contributed by atoms with van der Waals surface area (Å²) < 4.78 is 0. The number of rotatable bonds is 5. The number of hydrogen-bond acceptors (Lipinski definition) is 6. The van der Waals surface area contributed by atoms with Gasteiger partial charge in [0.1, 0.15) is 17.5 Å². The van der Waals surface area contributed by atoms with Crippen LogP contribution in [-0.4, -0.2) is 29.5 Å². The fourth-order valence-corrected chi connectivity index (χ4v) is 1.23. The smallest absolute Gasteiger partial charge is 0.236 e. The molecular formula is C9H16N6O. The molecule has 0 saturated heterocycles. The number of carbonyl (C=O) groups excluding carboxylic acids is 1. The van der Waals surface area contributed by atoms with E-state index in [1.165, 1.54) is 0 Å². The summed E-state index contributed by atoms with van der Waals surface area (Å²) in [5.74, 6) is 6.65. The SMILES string of the molecule is CCc1nc(NN)cc(N(C)CC(N)=O)n1. The molecule has 0 spiro atoms. The fraction of sp³-hybridized carbons (Fsp3) is 0.444. The van der Waals surface area contributed by atoms with Gasteiger partial charge in [-0.2, -0.15) is 0 Å². The van der Waals surface area contributed by atoms with E-state index in [0.29, 0.717) is 23.9 Å². The van der Waals surface area contributed by atoms with Gasteiger partial charge in [-0.05, 0) is 0 Å². The molecule has 0 fully saturated rings. The Morgan fingerprint density at radius 1 is 1.56 bits per heavy atom. The predicted molar refractivity (Wildman–Crippen MR) is 61.7 cm³/mol. The highest BCUT2D eigenvalue weighted by Gasteiger charge is 2.09. The summed E-state index contributed by atoms with van der Waals surface area (Å²) in [6.45, 7) is 2.04. The molecule has 88 valence electrons. The number of hydrazine groups is 1. The molecule has 0 unspecified atom stereocenters. The Bertz CT molecular complexity index is 358. The third kappa shape index (κ3) is 3.06. The number of nitrogen functional groups attached to an aromatic ring is 1. The molecule has 1 heterocycles. The van der Waals surface area contributed by atoms with E-state index in [0.717, 1.165) is 0 Å². The summed E-state index contributed by atoms with van der Waals surface area (Å²) in [5.41, 5.74) is 7.56. The molecule has 7 nitrogen and oxygen atoms in total. The van der Waals surface area contributed by atoms with Gasteiger partial charge in [-0.15, -0.1) is 0 Å². The summed E-state index contributed by atoms with van der Waals surface area (Å²) in [4.78, 5) is 20.8. The molecular weight excluding hydrogens is 208 g/mol. The van der Waals surface area contributed by atoms with E-state index >= 15 is 0 Å². The molecule has 0 bridgehead atoms. The first-order valence-corrected chi connectivity index (χ1v) is 4.90. The molecule has 1 rings (SSSR count). The summed E-state index contributed by atoms with van der Waals surface area (Å²) in [6, 6.07) is 1.65. The van der Waals surface area contributed by atoms with Crippen LogP contribution in [0.25, 0.3) is 0 Å². The number of anilines is 2. The summed E-state index contributed by atoms with van der Waals surface area (Å²) in [7, 11) is 1.73. The Balaban J connectivity index is 2.97. The van der Waals surface area contributed by atoms with Crippen molar-refractivity contribution in [2.75, 3.05) is 23.9 Å². The highest BCUT2D eigenvalue weighted by atomic mass is 16.1. The fourth-order valence-electron chi connectivity index (χ4n) is 1.23. The van der Waals surface area contributed by atoms with Crippen molar-refractivity contribution in [2.24, 2.45) is 11.6 Å². The zero-order valence-corrected chi connectivity index (χ0v) is 9.40. The maximum absolute atomic E-state index is 10.8. The number of likely N-dealkylation sites (N-methyl/N-ethyl adjacent to an activating group) is 1. The number of hydrogen-bond donors (Lipinski definition) is 3. The molecule has 1 aromatic heterocycles. The largest absolute Gasteiger partial charge is 0.368 e. The van der Waals surface area contributed by atoms with Crippen LogP contribution in [0, 0.1) is 0 Å². The molecule has 5 N–H and O–H groups in total. The molecule has 1 amide bonds. The van der Waals surface area contributed by atoms with Gasteiger partial charge in [0, 0.05) is 19.5 Å². The minimum atomic E-state index is -0.415. The number of carbonyl (C=O) groups is 1. The van der Waals surface area contributed by atoms with Crippen molar-refractivity contribution in [3.63, 3.8) is 0 Å². The van der Waals surface area contributed by atoms with Gasteiger partial charge in [0.15, 0.2) is 0 Å². The third-order valence-corrected chi connectivity index (χ3v) is 2.01. The van der Waals surface area contributed by atoms with Crippen LogP contribution in [0.3, 0.4) is 0 Å². The first kappa shape index (κ1) is 12.2. The number of nitrogens with one attached hydrogen (secondary N) is 1. The standard InChI is InChI=1S/C9H16N6O/c1-3-7-12-8(14-11)4-9(13-7)15(2)5-6(10)16/h4H,3,5,11H2,1-2H3,(H2,10,16)(H,12,13,14). The first-order valence-electron chi connectivity index (χ1n) is 4.90. The lowest BCUT2D eigenvalue weighted by Crippen LogP contribution is -2.31. The number of amides is 1. The predicted octanol–water partition coefficient (Wildman–Crippen LogP) is -0.754. The maximum atomic E-state index is 10.8. The highest BCUT2D eigenvalue weighted by Crippen LogP contribution is 2.13. The van der Waals surface area contributed by atoms with Crippen LogP contribution in [0.2, 0.25) is 0 Å².